The molecule has 5 heteroatoms. The summed E-state index contributed by atoms with van der Waals surface area (Å²) in [4.78, 5) is 4.57. The molecule has 0 aliphatic rings. The number of aryl methyl sites for hydroxylation is 1. The van der Waals surface area contributed by atoms with E-state index in [1.807, 2.05) is 30.3 Å². The fraction of sp³-hybridized carbons (Fsp3) is 0.278. The molecule has 1 atom stereocenters. The third kappa shape index (κ3) is 7.47. The van der Waals surface area contributed by atoms with Gasteiger partial charge in [-0.1, -0.05) is 48.0 Å². The summed E-state index contributed by atoms with van der Waals surface area (Å²) >= 11 is 0. The number of hydrogen-bond donors (Lipinski definition) is 3. The van der Waals surface area contributed by atoms with E-state index in [-0.39, 0.29) is 24.0 Å². The Morgan fingerprint density at radius 2 is 1.74 bits per heavy atom. The van der Waals surface area contributed by atoms with Gasteiger partial charge in [0.25, 0.3) is 0 Å². The van der Waals surface area contributed by atoms with Crippen LogP contribution in [0.4, 0.5) is 5.69 Å². The van der Waals surface area contributed by atoms with Crippen molar-refractivity contribution < 1.29 is 5.11 Å². The van der Waals surface area contributed by atoms with Crippen LogP contribution in [0.5, 0.6) is 0 Å². The van der Waals surface area contributed by atoms with Crippen LogP contribution >= 0.6 is 24.0 Å². The zero-order valence-corrected chi connectivity index (χ0v) is 15.8. The fourth-order valence-electron chi connectivity index (χ4n) is 1.91. The number of para-hydroxylation sites is 1. The number of aliphatic hydroxyl groups excluding tert-OH is 1. The van der Waals surface area contributed by atoms with E-state index in [9.17, 15) is 5.11 Å². The number of anilines is 1. The Kier molecular flexibility index (Phi) is 8.65. The monoisotopic (exact) mass is 425 g/mol. The molecule has 124 valence electrons. The molecule has 0 saturated carbocycles. The smallest absolute Gasteiger partial charge is 0.196 e. The molecule has 0 heterocycles. The lowest BCUT2D eigenvalue weighted by Gasteiger charge is -2.14. The van der Waals surface area contributed by atoms with Gasteiger partial charge in [0.15, 0.2) is 5.96 Å². The molecule has 2 rings (SSSR count). The van der Waals surface area contributed by atoms with Crippen molar-refractivity contribution in [2.45, 2.75) is 26.5 Å². The van der Waals surface area contributed by atoms with Gasteiger partial charge in [-0.25, -0.2) is 4.99 Å². The Hall–Kier alpha value is -1.60. The van der Waals surface area contributed by atoms with E-state index in [1.165, 1.54) is 5.56 Å². The van der Waals surface area contributed by atoms with Crippen molar-refractivity contribution in [2.75, 3.05) is 11.9 Å². The van der Waals surface area contributed by atoms with Gasteiger partial charge in [0.1, 0.15) is 0 Å². The molecule has 2 aromatic carbocycles. The molecule has 0 aliphatic heterocycles. The summed E-state index contributed by atoms with van der Waals surface area (Å²) in [7, 11) is 0. The highest BCUT2D eigenvalue weighted by molar-refractivity contribution is 14.0. The standard InChI is InChI=1S/C18H23N3O.HI/c1-14-8-10-16(11-9-14)13-20-18(19-12-15(2)22)21-17-6-4-3-5-7-17;/h3-11,15,22H,12-13H2,1-2H3,(H2,19,20,21);1H. The van der Waals surface area contributed by atoms with Gasteiger partial charge < -0.3 is 15.7 Å². The Morgan fingerprint density at radius 3 is 2.35 bits per heavy atom. The van der Waals surface area contributed by atoms with Crippen LogP contribution in [-0.2, 0) is 6.54 Å². The Balaban J connectivity index is 0.00000264. The van der Waals surface area contributed by atoms with Gasteiger partial charge in [-0.15, -0.1) is 24.0 Å². The van der Waals surface area contributed by atoms with Crippen LogP contribution in [0, 0.1) is 6.92 Å². The minimum atomic E-state index is -0.429. The molecule has 3 N–H and O–H groups in total. The molecule has 0 spiro atoms. The highest BCUT2D eigenvalue weighted by atomic mass is 127. The lowest BCUT2D eigenvalue weighted by atomic mass is 10.1. The number of rotatable bonds is 5. The van der Waals surface area contributed by atoms with Crippen molar-refractivity contribution in [2.24, 2.45) is 4.99 Å². The van der Waals surface area contributed by atoms with Crippen molar-refractivity contribution in [3.8, 4) is 0 Å². The first kappa shape index (κ1) is 19.4. The lowest BCUT2D eigenvalue weighted by Crippen LogP contribution is -2.35. The van der Waals surface area contributed by atoms with Gasteiger partial charge in [-0.05, 0) is 31.5 Å². The summed E-state index contributed by atoms with van der Waals surface area (Å²) < 4.78 is 0. The molecule has 0 aliphatic carbocycles. The first-order chi connectivity index (χ1) is 10.6. The molecule has 4 nitrogen and oxygen atoms in total. The maximum absolute atomic E-state index is 9.44. The maximum atomic E-state index is 9.44. The minimum Gasteiger partial charge on any atom is -0.392 e. The van der Waals surface area contributed by atoms with Crippen LogP contribution in [0.3, 0.4) is 0 Å². The summed E-state index contributed by atoms with van der Waals surface area (Å²) in [6.45, 7) is 4.85. The third-order valence-corrected chi connectivity index (χ3v) is 3.14. The number of hydrogen-bond acceptors (Lipinski definition) is 2. The second-order valence-electron chi connectivity index (χ2n) is 5.37. The largest absolute Gasteiger partial charge is 0.392 e. The molecule has 0 aromatic heterocycles. The van der Waals surface area contributed by atoms with E-state index in [2.05, 4.69) is 46.8 Å². The van der Waals surface area contributed by atoms with Crippen molar-refractivity contribution in [3.63, 3.8) is 0 Å². The van der Waals surface area contributed by atoms with E-state index in [0.29, 0.717) is 19.0 Å². The average molecular weight is 425 g/mol. The lowest BCUT2D eigenvalue weighted by molar-refractivity contribution is 0.198. The Labute approximate surface area is 155 Å². The number of nitrogens with zero attached hydrogens (tertiary/aromatic N) is 1. The topological polar surface area (TPSA) is 56.7 Å². The predicted octanol–water partition coefficient (Wildman–Crippen LogP) is 3.55. The SMILES string of the molecule is Cc1ccc(CN=C(NCC(C)O)Nc2ccccc2)cc1.I. The van der Waals surface area contributed by atoms with Crippen LogP contribution in [0.1, 0.15) is 18.1 Å². The second kappa shape index (κ2) is 10.2. The number of halogens is 1. The van der Waals surface area contributed by atoms with E-state index >= 15 is 0 Å². The molecule has 0 radical (unpaired) electrons. The molecule has 23 heavy (non-hydrogen) atoms. The minimum absolute atomic E-state index is 0. The molecule has 2 aromatic rings. The first-order valence-electron chi connectivity index (χ1n) is 7.47. The third-order valence-electron chi connectivity index (χ3n) is 3.14. The molecular formula is C18H24IN3O. The van der Waals surface area contributed by atoms with E-state index in [0.717, 1.165) is 11.3 Å². The molecule has 0 amide bonds. The Bertz CT molecular complexity index is 597. The first-order valence-corrected chi connectivity index (χ1v) is 7.47. The van der Waals surface area contributed by atoms with Crippen molar-refractivity contribution >= 4 is 35.6 Å². The van der Waals surface area contributed by atoms with E-state index < -0.39 is 6.10 Å². The van der Waals surface area contributed by atoms with E-state index in [4.69, 9.17) is 0 Å². The van der Waals surface area contributed by atoms with Gasteiger partial charge in [-0.3, -0.25) is 0 Å². The highest BCUT2D eigenvalue weighted by Gasteiger charge is 2.02. The Morgan fingerprint density at radius 1 is 1.09 bits per heavy atom. The van der Waals surface area contributed by atoms with E-state index in [1.54, 1.807) is 6.92 Å². The predicted molar refractivity (Wildman–Crippen MR) is 107 cm³/mol. The zero-order valence-electron chi connectivity index (χ0n) is 13.5. The normalized spacial score (nSPS) is 12.2. The number of guanidine groups is 1. The number of aliphatic hydroxyl groups is 1. The number of benzene rings is 2. The number of aliphatic imine (C=N–C) groups is 1. The molecule has 0 fully saturated rings. The van der Waals surface area contributed by atoms with Crippen LogP contribution in [0.15, 0.2) is 59.6 Å². The second-order valence-corrected chi connectivity index (χ2v) is 5.37. The van der Waals surface area contributed by atoms with Gasteiger partial charge in [0.05, 0.1) is 12.6 Å². The van der Waals surface area contributed by atoms with Crippen molar-refractivity contribution in [1.82, 2.24) is 5.32 Å². The van der Waals surface area contributed by atoms with Gasteiger partial charge in [0.2, 0.25) is 0 Å². The zero-order chi connectivity index (χ0) is 15.8. The summed E-state index contributed by atoms with van der Waals surface area (Å²) in [6.07, 6.45) is -0.429. The van der Waals surface area contributed by atoms with Crippen molar-refractivity contribution in [3.05, 3.63) is 65.7 Å². The van der Waals surface area contributed by atoms with Crippen molar-refractivity contribution in [1.29, 1.82) is 0 Å². The molecule has 0 saturated heterocycles. The van der Waals surface area contributed by atoms with Gasteiger partial charge >= 0.3 is 0 Å². The molecule has 1 unspecified atom stereocenters. The van der Waals surface area contributed by atoms with Crippen LogP contribution in [0.2, 0.25) is 0 Å². The average Bonchev–Trinajstić information content (AvgIpc) is 2.52. The highest BCUT2D eigenvalue weighted by Crippen LogP contribution is 2.07. The van der Waals surface area contributed by atoms with Gasteiger partial charge in [0, 0.05) is 12.2 Å². The number of nitrogens with one attached hydrogen (secondary N) is 2. The summed E-state index contributed by atoms with van der Waals surface area (Å²) in [6, 6.07) is 18.2. The summed E-state index contributed by atoms with van der Waals surface area (Å²) in [5, 5.41) is 15.8. The quantitative estimate of drug-likeness (QED) is 0.390. The van der Waals surface area contributed by atoms with Gasteiger partial charge in [-0.2, -0.15) is 0 Å². The fourth-order valence-corrected chi connectivity index (χ4v) is 1.91. The molecule has 0 bridgehead atoms. The van der Waals surface area contributed by atoms with Crippen LogP contribution in [-0.4, -0.2) is 23.7 Å². The summed E-state index contributed by atoms with van der Waals surface area (Å²) in [5.74, 6) is 0.660. The van der Waals surface area contributed by atoms with Crippen LogP contribution in [0.25, 0.3) is 0 Å². The molecular weight excluding hydrogens is 401 g/mol. The summed E-state index contributed by atoms with van der Waals surface area (Å²) in [5.41, 5.74) is 3.35. The maximum Gasteiger partial charge on any atom is 0.196 e. The van der Waals surface area contributed by atoms with Crippen LogP contribution < -0.4 is 10.6 Å².